The molecule has 3 fully saturated rings. The topological polar surface area (TPSA) is 253 Å². The summed E-state index contributed by atoms with van der Waals surface area (Å²) in [5.41, 5.74) is 3.10. The van der Waals surface area contributed by atoms with Gasteiger partial charge in [0.25, 0.3) is 5.91 Å². The third-order valence-electron chi connectivity index (χ3n) is 16.9. The number of benzene rings is 1. The van der Waals surface area contributed by atoms with Gasteiger partial charge >= 0.3 is 5.97 Å². The van der Waals surface area contributed by atoms with Crippen LogP contribution in [0.3, 0.4) is 0 Å². The van der Waals surface area contributed by atoms with Crippen molar-refractivity contribution in [3.8, 4) is 0 Å². The van der Waals surface area contributed by atoms with Crippen molar-refractivity contribution in [3.63, 3.8) is 0 Å². The number of hydrogen-bond donors (Lipinski definition) is 8. The maximum absolute atomic E-state index is 14.5. The van der Waals surface area contributed by atoms with E-state index in [1.54, 1.807) is 45.1 Å². The van der Waals surface area contributed by atoms with Crippen molar-refractivity contribution in [2.45, 2.75) is 200 Å². The lowest BCUT2D eigenvalue weighted by molar-refractivity contribution is -0.267. The van der Waals surface area contributed by atoms with E-state index < -0.39 is 108 Å². The number of amides is 4. The second-order valence-corrected chi connectivity index (χ2v) is 23.1. The molecule has 2 bridgehead atoms. The number of halogens is 1. The fourth-order valence-electron chi connectivity index (χ4n) is 11.3. The number of aliphatic hydroxyl groups is 4. The number of fused-ring (bicyclic) bond motifs is 2. The number of nitrogens with one attached hydrogen (secondary N) is 4. The summed E-state index contributed by atoms with van der Waals surface area (Å²) in [6.45, 7) is 18.2. The van der Waals surface area contributed by atoms with Gasteiger partial charge in [-0.1, -0.05) is 110 Å². The third kappa shape index (κ3) is 16.7. The Morgan fingerprint density at radius 1 is 0.962 bits per heavy atom. The molecular formula is C60H90FN5O12. The average molecular weight is 1090 g/mol. The van der Waals surface area contributed by atoms with E-state index in [-0.39, 0.29) is 73.5 Å². The minimum absolute atomic E-state index is 0.0284. The van der Waals surface area contributed by atoms with Gasteiger partial charge in [0.05, 0.1) is 36.4 Å². The van der Waals surface area contributed by atoms with Crippen LogP contribution < -0.4 is 21.4 Å². The molecule has 4 amide bonds. The number of aliphatic hydroxyl groups excluding tert-OH is 4. The average Bonchev–Trinajstić information content (AvgIpc) is 3.51. The van der Waals surface area contributed by atoms with Crippen LogP contribution in [0.5, 0.6) is 0 Å². The molecule has 4 aliphatic rings. The van der Waals surface area contributed by atoms with Crippen LogP contribution in [0.4, 0.5) is 4.39 Å². The van der Waals surface area contributed by atoms with Gasteiger partial charge < -0.3 is 50.6 Å². The first kappa shape index (κ1) is 63.7. The van der Waals surface area contributed by atoms with Crippen molar-refractivity contribution in [2.75, 3.05) is 6.54 Å². The van der Waals surface area contributed by atoms with Crippen molar-refractivity contribution >= 4 is 35.4 Å². The van der Waals surface area contributed by atoms with Crippen LogP contribution in [0.15, 0.2) is 72.4 Å². The zero-order chi connectivity index (χ0) is 57.6. The number of hydrazine groups is 1. The summed E-state index contributed by atoms with van der Waals surface area (Å²) in [5, 5.41) is 55.6. The van der Waals surface area contributed by atoms with Gasteiger partial charge in [0.1, 0.15) is 41.6 Å². The number of allylic oxidation sites excluding steroid dienone is 5. The normalized spacial score (nSPS) is 34.1. The molecule has 17 atom stereocenters. The predicted octanol–water partition coefficient (Wildman–Crippen LogP) is 5.84. The number of carbonyl (C=O) groups is 6. The number of hydrogen-bond acceptors (Lipinski definition) is 13. The van der Waals surface area contributed by atoms with Gasteiger partial charge in [-0.2, -0.15) is 0 Å². The Balaban J connectivity index is 1.35. The zero-order valence-electron chi connectivity index (χ0n) is 47.5. The Bertz CT molecular complexity index is 2340. The van der Waals surface area contributed by atoms with E-state index in [1.807, 2.05) is 52.8 Å². The molecule has 4 heterocycles. The summed E-state index contributed by atoms with van der Waals surface area (Å²) in [6.07, 6.45) is 10.4. The number of ether oxygens (including phenoxy) is 2. The smallest absolute Gasteiger partial charge is 0.325 e. The Morgan fingerprint density at radius 2 is 1.69 bits per heavy atom. The number of Topliss-reactive ketones (excluding diaryl/α,β-unsaturated/α-hetero) is 1. The summed E-state index contributed by atoms with van der Waals surface area (Å²) in [7, 11) is 0. The molecule has 3 saturated heterocycles. The fraction of sp³-hybridized carbons (Fsp3) is 0.667. The number of rotatable bonds is 15. The molecule has 0 aromatic heterocycles. The lowest BCUT2D eigenvalue weighted by atomic mass is 9.69. The molecule has 5 rings (SSSR count). The molecule has 78 heavy (non-hydrogen) atoms. The van der Waals surface area contributed by atoms with Crippen LogP contribution in [-0.2, 0) is 44.7 Å². The highest BCUT2D eigenvalue weighted by molar-refractivity contribution is 5.93. The van der Waals surface area contributed by atoms with E-state index in [2.05, 4.69) is 28.3 Å². The highest BCUT2D eigenvalue weighted by Gasteiger charge is 2.57. The van der Waals surface area contributed by atoms with Crippen LogP contribution in [0, 0.1) is 53.2 Å². The Kier molecular flexibility index (Phi) is 24.0. The van der Waals surface area contributed by atoms with Crippen molar-refractivity contribution in [2.24, 2.45) is 47.3 Å². The molecule has 1 aromatic rings. The van der Waals surface area contributed by atoms with Crippen LogP contribution in [0.2, 0.25) is 0 Å². The molecule has 17 nitrogen and oxygen atoms in total. The molecule has 1 aromatic carbocycles. The second-order valence-electron chi connectivity index (χ2n) is 23.1. The Morgan fingerprint density at radius 3 is 2.37 bits per heavy atom. The second kappa shape index (κ2) is 29.4. The maximum Gasteiger partial charge on any atom is 0.325 e. The minimum atomic E-state index is -1.45. The van der Waals surface area contributed by atoms with E-state index in [9.17, 15) is 53.6 Å². The number of piperidine rings is 1. The highest BCUT2D eigenvalue weighted by atomic mass is 19.1. The van der Waals surface area contributed by atoms with Gasteiger partial charge in [-0.25, -0.2) is 9.82 Å². The number of cyclic esters (lactones) is 1. The monoisotopic (exact) mass is 1090 g/mol. The number of nitrogens with zero attached hydrogens (tertiary/aromatic N) is 1. The molecule has 0 radical (unpaired) electrons. The van der Waals surface area contributed by atoms with Crippen LogP contribution in [0.1, 0.15) is 139 Å². The van der Waals surface area contributed by atoms with Crippen molar-refractivity contribution in [1.29, 1.82) is 0 Å². The summed E-state index contributed by atoms with van der Waals surface area (Å²) in [6, 6.07) is 2.15. The maximum atomic E-state index is 14.5. The van der Waals surface area contributed by atoms with E-state index in [1.165, 1.54) is 36.2 Å². The molecule has 0 aliphatic carbocycles. The van der Waals surface area contributed by atoms with Crippen molar-refractivity contribution in [1.82, 2.24) is 26.4 Å². The predicted molar refractivity (Wildman–Crippen MR) is 294 cm³/mol. The zero-order valence-corrected chi connectivity index (χ0v) is 47.5. The number of esters is 1. The lowest BCUT2D eigenvalue weighted by Gasteiger charge is -2.56. The quantitative estimate of drug-likeness (QED) is 0.0760. The summed E-state index contributed by atoms with van der Waals surface area (Å²) < 4.78 is 27.4. The summed E-state index contributed by atoms with van der Waals surface area (Å²) in [4.78, 5) is 82.1. The lowest BCUT2D eigenvalue weighted by Crippen LogP contribution is -2.71. The molecular weight excluding hydrogens is 1000 g/mol. The first-order valence-corrected chi connectivity index (χ1v) is 28.4. The van der Waals surface area contributed by atoms with Gasteiger partial charge in [0, 0.05) is 61.8 Å². The molecule has 17 unspecified atom stereocenters. The van der Waals surface area contributed by atoms with Gasteiger partial charge in [-0.05, 0) is 93.9 Å². The minimum Gasteiger partial charge on any atom is -0.456 e. The van der Waals surface area contributed by atoms with Gasteiger partial charge in [-0.3, -0.25) is 29.0 Å². The highest BCUT2D eigenvalue weighted by Crippen LogP contribution is 2.46. The standard InChI is InChI=1S/C60H90FN5O12/c1-11-43-30-37(6)60(64-55(43)72)41(10)53(70)40(9)51(78-60)33-49(69)35(4)20-14-12-15-21-36(5)50-26-17-13-16-25-48(68)39(8)54(71)45(28-27-38(7)67)56(73)63-52(34(2)3)57(74)62-47(32-42-22-18-23-44(61)31-42)58(75)66-29-19-24-46(65-66)59(76)77-50/h12-13,15-18,21-23,25,31,34-35,37,39-41,43,45-54,65,68-71H,11,14,19-20,24,26-30,32-33H2,1-10H3,(H,62,74)(H,63,73)(H,64,72). The van der Waals surface area contributed by atoms with Gasteiger partial charge in [0.15, 0.2) is 0 Å². The Hall–Kier alpha value is -5.11. The summed E-state index contributed by atoms with van der Waals surface area (Å²) >= 11 is 0. The molecule has 4 aliphatic heterocycles. The molecule has 18 heteroatoms. The Labute approximate surface area is 461 Å². The van der Waals surface area contributed by atoms with E-state index in [0.29, 0.717) is 49.7 Å². The van der Waals surface area contributed by atoms with Gasteiger partial charge in [-0.15, -0.1) is 0 Å². The van der Waals surface area contributed by atoms with Crippen LogP contribution in [0.25, 0.3) is 0 Å². The first-order valence-electron chi connectivity index (χ1n) is 28.4. The van der Waals surface area contributed by atoms with E-state index in [0.717, 1.165) is 6.42 Å². The third-order valence-corrected chi connectivity index (χ3v) is 16.9. The number of carbonyl (C=O) groups excluding carboxylic acids is 6. The molecule has 8 N–H and O–H groups in total. The molecule has 0 saturated carbocycles. The SMILES string of the molecule is CCC1CC(C)C2(NC1=O)OC(CC(O)C(C)CCC=CC=C(C)C1CC=CC=CC(O)C(C)C(O)C(CCC(C)=O)C(=O)NC(C(C)C)C(=O)NC(Cc3cccc(F)c3)C(=O)N3CCCC(N3)C(=O)O1)C(C)C(O)C2C. The first-order chi connectivity index (χ1) is 36.9. The largest absolute Gasteiger partial charge is 0.456 e. The number of ketones is 1. The van der Waals surface area contributed by atoms with E-state index in [4.69, 9.17) is 9.47 Å². The van der Waals surface area contributed by atoms with Crippen LogP contribution >= 0.6 is 0 Å². The molecule has 1 spiro atoms. The van der Waals surface area contributed by atoms with Crippen molar-refractivity contribution in [3.05, 3.63) is 83.8 Å². The van der Waals surface area contributed by atoms with E-state index >= 15 is 0 Å². The summed E-state index contributed by atoms with van der Waals surface area (Å²) in [5.74, 6) is -7.01. The molecule has 434 valence electrons. The van der Waals surface area contributed by atoms with Crippen molar-refractivity contribution < 1.29 is 63.1 Å². The fourth-order valence-corrected chi connectivity index (χ4v) is 11.3. The van der Waals surface area contributed by atoms with Gasteiger partial charge in [0.2, 0.25) is 17.7 Å². The van der Waals surface area contributed by atoms with Crippen LogP contribution in [-0.4, -0.2) is 128 Å².